The molecule has 420 valence electrons. The summed E-state index contributed by atoms with van der Waals surface area (Å²) in [5.74, 6) is 1.31. The summed E-state index contributed by atoms with van der Waals surface area (Å²) >= 11 is 0. The van der Waals surface area contributed by atoms with Gasteiger partial charge in [0.15, 0.2) is 17.5 Å². The highest BCUT2D eigenvalue weighted by Gasteiger charge is 2.27. The van der Waals surface area contributed by atoms with E-state index in [1.165, 1.54) is 16.7 Å². The molecular formula is C79H64N8. The summed E-state index contributed by atoms with van der Waals surface area (Å²) in [6.45, 7) is 22.5. The molecule has 0 unspecified atom stereocenters. The number of aryl methyl sites for hydroxylation is 1. The second kappa shape index (κ2) is 21.1. The third kappa shape index (κ3) is 10.1. The van der Waals surface area contributed by atoms with Crippen LogP contribution in [-0.4, -0.2) is 24.1 Å². The number of fused-ring (bicyclic) bond motifs is 6. The molecule has 0 spiro atoms. The van der Waals surface area contributed by atoms with E-state index in [2.05, 4.69) is 218 Å². The molecule has 13 aromatic rings. The molecule has 0 aliphatic carbocycles. The predicted octanol–water partition coefficient (Wildman–Crippen LogP) is 19.9. The lowest BCUT2D eigenvalue weighted by atomic mass is 9.85. The highest BCUT2D eigenvalue weighted by molar-refractivity contribution is 6.12. The molecule has 0 N–H and O–H groups in total. The third-order valence-electron chi connectivity index (χ3n) is 17.0. The number of nitrogens with zero attached hydrogens (tertiary/aromatic N) is 8. The van der Waals surface area contributed by atoms with Crippen molar-refractivity contribution in [2.45, 2.75) is 85.5 Å². The largest absolute Gasteiger partial charge is 0.309 e. The summed E-state index contributed by atoms with van der Waals surface area (Å²) in [6, 6.07) is 78.4. The van der Waals surface area contributed by atoms with E-state index in [0.717, 1.165) is 111 Å². The van der Waals surface area contributed by atoms with Crippen LogP contribution >= 0.6 is 0 Å². The van der Waals surface area contributed by atoms with Gasteiger partial charge in [-0.2, -0.15) is 15.8 Å². The Hall–Kier alpha value is -10.7. The van der Waals surface area contributed by atoms with Crippen molar-refractivity contribution in [3.63, 3.8) is 0 Å². The summed E-state index contributed by atoms with van der Waals surface area (Å²) in [5, 5.41) is 34.9. The van der Waals surface area contributed by atoms with Gasteiger partial charge >= 0.3 is 0 Å². The lowest BCUT2D eigenvalue weighted by molar-refractivity contribution is 0.590. The van der Waals surface area contributed by atoms with Crippen molar-refractivity contribution in [2.24, 2.45) is 0 Å². The van der Waals surface area contributed by atoms with Gasteiger partial charge < -0.3 is 9.13 Å². The predicted molar refractivity (Wildman–Crippen MR) is 356 cm³/mol. The van der Waals surface area contributed by atoms with Gasteiger partial charge in [0.1, 0.15) is 0 Å². The molecule has 3 heterocycles. The number of nitriles is 3. The van der Waals surface area contributed by atoms with Crippen molar-refractivity contribution in [2.75, 3.05) is 0 Å². The molecule has 10 aromatic carbocycles. The molecule has 0 amide bonds. The van der Waals surface area contributed by atoms with Crippen molar-refractivity contribution in [1.82, 2.24) is 24.1 Å². The smallest absolute Gasteiger partial charge is 0.166 e. The zero-order chi connectivity index (χ0) is 60.7. The van der Waals surface area contributed by atoms with Crippen LogP contribution < -0.4 is 0 Å². The quantitative estimate of drug-likeness (QED) is 0.149. The Morgan fingerprint density at radius 3 is 1.09 bits per heavy atom. The van der Waals surface area contributed by atoms with Crippen LogP contribution in [0.2, 0.25) is 0 Å². The molecule has 0 saturated carbocycles. The van der Waals surface area contributed by atoms with E-state index in [-0.39, 0.29) is 16.2 Å². The van der Waals surface area contributed by atoms with Gasteiger partial charge in [-0.15, -0.1) is 0 Å². The van der Waals surface area contributed by atoms with Gasteiger partial charge in [-0.3, -0.25) is 0 Å². The maximum atomic E-state index is 10.2. The Bertz CT molecular complexity index is 5020. The van der Waals surface area contributed by atoms with Crippen molar-refractivity contribution in [3.05, 3.63) is 245 Å². The summed E-state index contributed by atoms with van der Waals surface area (Å²) < 4.78 is 4.71. The van der Waals surface area contributed by atoms with Crippen LogP contribution in [-0.2, 0) is 16.2 Å². The minimum Gasteiger partial charge on any atom is -0.309 e. The number of aromatic nitrogens is 5. The number of hydrogen-bond donors (Lipinski definition) is 0. The molecule has 0 aliphatic rings. The maximum absolute atomic E-state index is 10.2. The fourth-order valence-electron chi connectivity index (χ4n) is 12.2. The summed E-state index contributed by atoms with van der Waals surface area (Å²) in [4.78, 5) is 17.1. The van der Waals surface area contributed by atoms with Gasteiger partial charge in [0.2, 0.25) is 0 Å². The molecular weight excluding hydrogens is 1060 g/mol. The first-order valence-corrected chi connectivity index (χ1v) is 29.6. The summed E-state index contributed by atoms with van der Waals surface area (Å²) in [7, 11) is 0. The SMILES string of the molecule is Cc1ccc2c(c1)c1cc(C(C)(C)C)ccc1n2-c1ccc(-c2cccc(C#N)c2)cc1-c1nc(-c2ccccc2-c2ccc(C#N)cc2)nc(-c2cc(-c3cccc(C#N)c3)ccc2-n2c3ccc(C(C)(C)C)cc3c3cc(C(C)(C)C)ccc32)n1. The van der Waals surface area contributed by atoms with Crippen molar-refractivity contribution >= 4 is 43.6 Å². The Morgan fingerprint density at radius 2 is 0.678 bits per heavy atom. The number of hydrogen-bond acceptors (Lipinski definition) is 6. The monoisotopic (exact) mass is 1120 g/mol. The Morgan fingerprint density at radius 1 is 0.310 bits per heavy atom. The van der Waals surface area contributed by atoms with E-state index < -0.39 is 0 Å². The minimum atomic E-state index is -0.108. The molecule has 13 rings (SSSR count). The van der Waals surface area contributed by atoms with Crippen LogP contribution in [0.3, 0.4) is 0 Å². The molecule has 0 radical (unpaired) electrons. The Kier molecular flexibility index (Phi) is 13.5. The van der Waals surface area contributed by atoms with Crippen molar-refractivity contribution < 1.29 is 0 Å². The first-order valence-electron chi connectivity index (χ1n) is 29.6. The highest BCUT2D eigenvalue weighted by Crippen LogP contribution is 2.44. The van der Waals surface area contributed by atoms with Crippen LogP contribution in [0.1, 0.15) is 101 Å². The zero-order valence-corrected chi connectivity index (χ0v) is 50.7. The average Bonchev–Trinajstić information content (AvgIpc) is 1.64. The van der Waals surface area contributed by atoms with Gasteiger partial charge in [-0.05, 0) is 182 Å². The van der Waals surface area contributed by atoms with E-state index in [9.17, 15) is 15.8 Å². The van der Waals surface area contributed by atoms with Crippen LogP contribution in [0, 0.1) is 40.9 Å². The molecule has 87 heavy (non-hydrogen) atoms. The van der Waals surface area contributed by atoms with Crippen LogP contribution in [0.5, 0.6) is 0 Å². The van der Waals surface area contributed by atoms with Crippen molar-refractivity contribution in [3.8, 4) is 97.1 Å². The average molecular weight is 1130 g/mol. The summed E-state index contributed by atoms with van der Waals surface area (Å²) in [5.41, 5.74) is 19.7. The van der Waals surface area contributed by atoms with E-state index in [0.29, 0.717) is 34.2 Å². The Labute approximate surface area is 508 Å². The van der Waals surface area contributed by atoms with Gasteiger partial charge in [-0.25, -0.2) is 15.0 Å². The number of benzene rings is 10. The first kappa shape index (κ1) is 55.5. The van der Waals surface area contributed by atoms with Gasteiger partial charge in [0.25, 0.3) is 0 Å². The van der Waals surface area contributed by atoms with E-state index in [1.807, 2.05) is 84.9 Å². The lowest BCUT2D eigenvalue weighted by Crippen LogP contribution is -2.10. The molecule has 0 atom stereocenters. The molecule has 0 aliphatic heterocycles. The maximum Gasteiger partial charge on any atom is 0.166 e. The minimum absolute atomic E-state index is 0.0957. The second-order valence-electron chi connectivity index (χ2n) is 26.0. The Balaban J connectivity index is 1.17. The first-order chi connectivity index (χ1) is 41.8. The van der Waals surface area contributed by atoms with Crippen LogP contribution in [0.15, 0.2) is 206 Å². The standard InChI is InChI=1S/C79H64N8/c1-48-21-31-68-62(37-48)63-42-57(77(2,3)4)28-34-69(63)86(68)72-32-26-55(53-17-13-15-50(38-53)46-81)40-66(72)75-83-74(61-20-12-11-19-60(61)52-24-22-49(45-80)23-25-52)84-76(85-75)67-41-56(54-18-14-16-51(39-54)47-82)27-33-73(67)87-70-35-29-58(78(5,6)7)43-64(70)65-44-59(79(8,9)10)30-36-71(65)87/h11-44H,1-10H3. The van der Waals surface area contributed by atoms with E-state index in [1.54, 1.807) is 0 Å². The molecule has 8 heteroatoms. The lowest BCUT2D eigenvalue weighted by Gasteiger charge is -2.20. The third-order valence-corrected chi connectivity index (χ3v) is 17.0. The van der Waals surface area contributed by atoms with Gasteiger partial charge in [0.05, 0.1) is 68.3 Å². The van der Waals surface area contributed by atoms with Gasteiger partial charge in [-0.1, -0.05) is 165 Å². The van der Waals surface area contributed by atoms with Crippen molar-refractivity contribution in [1.29, 1.82) is 15.8 Å². The number of rotatable bonds is 8. The van der Waals surface area contributed by atoms with Crippen LogP contribution in [0.4, 0.5) is 0 Å². The van der Waals surface area contributed by atoms with E-state index >= 15 is 0 Å². The topological polar surface area (TPSA) is 120 Å². The molecule has 8 nitrogen and oxygen atoms in total. The fraction of sp³-hybridized carbons (Fsp3) is 0.165. The second-order valence-corrected chi connectivity index (χ2v) is 26.0. The van der Waals surface area contributed by atoms with E-state index in [4.69, 9.17) is 15.0 Å². The van der Waals surface area contributed by atoms with Crippen LogP contribution in [0.25, 0.3) is 123 Å². The van der Waals surface area contributed by atoms with Gasteiger partial charge in [0, 0.05) is 38.2 Å². The highest BCUT2D eigenvalue weighted by atomic mass is 15.1. The molecule has 0 bridgehead atoms. The summed E-state index contributed by atoms with van der Waals surface area (Å²) in [6.07, 6.45) is 0. The normalized spacial score (nSPS) is 12.0. The molecule has 0 fully saturated rings. The molecule has 0 saturated heterocycles. The fourth-order valence-corrected chi connectivity index (χ4v) is 12.2. The zero-order valence-electron chi connectivity index (χ0n) is 50.7. The molecule has 3 aromatic heterocycles.